The maximum absolute atomic E-state index is 11.0. The fraction of sp³-hybridized carbons (Fsp3) is 0.182. The number of hydrogen-bond donors (Lipinski definition) is 1. The van der Waals surface area contributed by atoms with E-state index in [0.29, 0.717) is 12.0 Å². The zero-order chi connectivity index (χ0) is 9.68. The van der Waals surface area contributed by atoms with Crippen LogP contribution in [0.25, 0.3) is 5.76 Å². The SMILES string of the molecule is CCC(=O)C=C(O)c1ccccc1.Cl. The Hall–Kier alpha value is -1.28. The lowest BCUT2D eigenvalue weighted by molar-refractivity contribution is -0.114. The van der Waals surface area contributed by atoms with Crippen LogP contribution in [-0.2, 0) is 4.79 Å². The highest BCUT2D eigenvalue weighted by Gasteiger charge is 1.99. The Morgan fingerprint density at radius 3 is 2.43 bits per heavy atom. The Labute approximate surface area is 89.7 Å². The second kappa shape index (κ2) is 6.22. The van der Waals surface area contributed by atoms with Crippen molar-refractivity contribution in [2.45, 2.75) is 13.3 Å². The zero-order valence-corrected chi connectivity index (χ0v) is 8.75. The van der Waals surface area contributed by atoms with Crippen LogP contribution in [0.4, 0.5) is 0 Å². The molecule has 0 aliphatic rings. The quantitative estimate of drug-likeness (QED) is 0.618. The van der Waals surface area contributed by atoms with Gasteiger partial charge in [0.1, 0.15) is 5.76 Å². The second-order valence-electron chi connectivity index (χ2n) is 2.72. The van der Waals surface area contributed by atoms with E-state index >= 15 is 0 Å². The van der Waals surface area contributed by atoms with Crippen LogP contribution in [0.1, 0.15) is 18.9 Å². The molecular formula is C11H13ClO2. The maximum atomic E-state index is 11.0. The fourth-order valence-electron chi connectivity index (χ4n) is 0.947. The van der Waals surface area contributed by atoms with Crippen molar-refractivity contribution in [2.75, 3.05) is 0 Å². The molecule has 0 aromatic heterocycles. The van der Waals surface area contributed by atoms with E-state index in [1.54, 1.807) is 19.1 Å². The van der Waals surface area contributed by atoms with Crippen LogP contribution in [0.5, 0.6) is 0 Å². The highest BCUT2D eigenvalue weighted by atomic mass is 35.5. The zero-order valence-electron chi connectivity index (χ0n) is 7.93. The van der Waals surface area contributed by atoms with E-state index in [-0.39, 0.29) is 23.9 Å². The first-order valence-electron chi connectivity index (χ1n) is 4.23. The van der Waals surface area contributed by atoms with Gasteiger partial charge in [0.25, 0.3) is 0 Å². The summed E-state index contributed by atoms with van der Waals surface area (Å²) < 4.78 is 0. The summed E-state index contributed by atoms with van der Waals surface area (Å²) >= 11 is 0. The Kier molecular flexibility index (Phi) is 5.65. The van der Waals surface area contributed by atoms with Crippen LogP contribution in [-0.4, -0.2) is 10.9 Å². The van der Waals surface area contributed by atoms with Crippen molar-refractivity contribution in [3.05, 3.63) is 42.0 Å². The van der Waals surface area contributed by atoms with Gasteiger partial charge in [0, 0.05) is 18.1 Å². The molecule has 0 saturated carbocycles. The lowest BCUT2D eigenvalue weighted by Crippen LogP contribution is -1.91. The third kappa shape index (κ3) is 3.62. The molecule has 0 fully saturated rings. The minimum absolute atomic E-state index is 0. The smallest absolute Gasteiger partial charge is 0.159 e. The van der Waals surface area contributed by atoms with E-state index < -0.39 is 0 Å². The van der Waals surface area contributed by atoms with Crippen molar-refractivity contribution in [3.63, 3.8) is 0 Å². The minimum atomic E-state index is -0.0682. The molecule has 1 N–H and O–H groups in total. The summed E-state index contributed by atoms with van der Waals surface area (Å²) in [5.41, 5.74) is 0.671. The Morgan fingerprint density at radius 1 is 1.36 bits per heavy atom. The van der Waals surface area contributed by atoms with E-state index in [9.17, 15) is 9.90 Å². The average Bonchev–Trinajstić information content (AvgIpc) is 2.19. The molecular weight excluding hydrogens is 200 g/mol. The van der Waals surface area contributed by atoms with Crippen LogP contribution < -0.4 is 0 Å². The maximum Gasteiger partial charge on any atom is 0.159 e. The molecule has 0 saturated heterocycles. The molecule has 0 radical (unpaired) electrons. The van der Waals surface area contributed by atoms with Gasteiger partial charge in [-0.15, -0.1) is 12.4 Å². The van der Waals surface area contributed by atoms with Gasteiger partial charge in [0.05, 0.1) is 0 Å². The molecule has 0 heterocycles. The van der Waals surface area contributed by atoms with Gasteiger partial charge in [0.2, 0.25) is 0 Å². The molecule has 76 valence electrons. The van der Waals surface area contributed by atoms with Gasteiger partial charge >= 0.3 is 0 Å². The van der Waals surface area contributed by atoms with E-state index in [1.807, 2.05) is 18.2 Å². The fourth-order valence-corrected chi connectivity index (χ4v) is 0.947. The lowest BCUT2D eigenvalue weighted by atomic mass is 10.1. The molecule has 1 aromatic rings. The van der Waals surface area contributed by atoms with E-state index in [1.165, 1.54) is 6.08 Å². The molecule has 0 spiro atoms. The first-order chi connectivity index (χ1) is 6.24. The topological polar surface area (TPSA) is 37.3 Å². The number of aliphatic hydroxyl groups excluding tert-OH is 1. The van der Waals surface area contributed by atoms with Gasteiger partial charge in [-0.3, -0.25) is 4.79 Å². The molecule has 1 aromatic carbocycles. The van der Waals surface area contributed by atoms with Gasteiger partial charge in [0.15, 0.2) is 5.78 Å². The lowest BCUT2D eigenvalue weighted by Gasteiger charge is -1.97. The Morgan fingerprint density at radius 2 is 1.93 bits per heavy atom. The summed E-state index contributed by atoms with van der Waals surface area (Å²) in [6.45, 7) is 1.76. The molecule has 0 unspecified atom stereocenters. The average molecular weight is 213 g/mol. The van der Waals surface area contributed by atoms with E-state index in [2.05, 4.69) is 0 Å². The number of hydrogen-bond acceptors (Lipinski definition) is 2. The van der Waals surface area contributed by atoms with Gasteiger partial charge in [-0.25, -0.2) is 0 Å². The van der Waals surface area contributed by atoms with Crippen LogP contribution in [0.15, 0.2) is 36.4 Å². The Bertz CT molecular complexity index is 317. The molecule has 0 aliphatic carbocycles. The van der Waals surface area contributed by atoms with Crippen molar-refractivity contribution in [1.82, 2.24) is 0 Å². The largest absolute Gasteiger partial charge is 0.507 e. The standard InChI is InChI=1S/C11H12O2.ClH/c1-2-10(12)8-11(13)9-6-4-3-5-7-9;/h3-8,13H,2H2,1H3;1H. The van der Waals surface area contributed by atoms with Crippen LogP contribution in [0.3, 0.4) is 0 Å². The summed E-state index contributed by atoms with van der Waals surface area (Å²) in [5.74, 6) is -0.0335. The molecule has 3 heteroatoms. The van der Waals surface area contributed by atoms with Gasteiger partial charge in [-0.05, 0) is 0 Å². The summed E-state index contributed by atoms with van der Waals surface area (Å²) in [4.78, 5) is 11.0. The third-order valence-electron chi connectivity index (χ3n) is 1.72. The molecule has 0 aliphatic heterocycles. The minimum Gasteiger partial charge on any atom is -0.507 e. The normalized spacial score (nSPS) is 10.5. The molecule has 0 bridgehead atoms. The molecule has 14 heavy (non-hydrogen) atoms. The highest BCUT2D eigenvalue weighted by Crippen LogP contribution is 2.10. The van der Waals surface area contributed by atoms with E-state index in [4.69, 9.17) is 0 Å². The van der Waals surface area contributed by atoms with Crippen molar-refractivity contribution >= 4 is 23.9 Å². The number of carbonyl (C=O) groups is 1. The number of allylic oxidation sites excluding steroid dienone is 1. The number of halogens is 1. The van der Waals surface area contributed by atoms with Crippen molar-refractivity contribution in [1.29, 1.82) is 0 Å². The second-order valence-corrected chi connectivity index (χ2v) is 2.72. The number of carbonyl (C=O) groups excluding carboxylic acids is 1. The van der Waals surface area contributed by atoms with Gasteiger partial charge in [-0.1, -0.05) is 37.3 Å². The monoisotopic (exact) mass is 212 g/mol. The third-order valence-corrected chi connectivity index (χ3v) is 1.72. The first kappa shape index (κ1) is 12.7. The number of rotatable bonds is 3. The van der Waals surface area contributed by atoms with Crippen LogP contribution in [0, 0.1) is 0 Å². The van der Waals surface area contributed by atoms with Crippen molar-refractivity contribution < 1.29 is 9.90 Å². The van der Waals surface area contributed by atoms with Crippen molar-refractivity contribution in [2.24, 2.45) is 0 Å². The first-order valence-corrected chi connectivity index (χ1v) is 4.23. The molecule has 0 atom stereocenters. The van der Waals surface area contributed by atoms with Gasteiger partial charge in [-0.2, -0.15) is 0 Å². The summed E-state index contributed by atoms with van der Waals surface area (Å²) in [6, 6.07) is 9.01. The Balaban J connectivity index is 0.00000169. The van der Waals surface area contributed by atoms with Crippen LogP contribution >= 0.6 is 12.4 Å². The summed E-state index contributed by atoms with van der Waals surface area (Å²) in [5, 5.41) is 9.46. The number of ketones is 1. The van der Waals surface area contributed by atoms with Crippen LogP contribution in [0.2, 0.25) is 0 Å². The molecule has 2 nitrogen and oxygen atoms in total. The predicted molar refractivity (Wildman–Crippen MR) is 59.6 cm³/mol. The number of aliphatic hydroxyl groups is 1. The number of benzene rings is 1. The molecule has 1 rings (SSSR count). The summed E-state index contributed by atoms with van der Waals surface area (Å²) in [7, 11) is 0. The van der Waals surface area contributed by atoms with Crippen molar-refractivity contribution in [3.8, 4) is 0 Å². The highest BCUT2D eigenvalue weighted by molar-refractivity contribution is 5.95. The summed E-state index contributed by atoms with van der Waals surface area (Å²) in [6.07, 6.45) is 1.67. The van der Waals surface area contributed by atoms with Gasteiger partial charge < -0.3 is 5.11 Å². The van der Waals surface area contributed by atoms with E-state index in [0.717, 1.165) is 0 Å². The predicted octanol–water partition coefficient (Wildman–Crippen LogP) is 2.99. The molecule has 0 amide bonds.